The summed E-state index contributed by atoms with van der Waals surface area (Å²) < 4.78 is 43.1. The van der Waals surface area contributed by atoms with Gasteiger partial charge in [0.25, 0.3) is 0 Å². The van der Waals surface area contributed by atoms with Crippen LogP contribution in [0.5, 0.6) is 5.75 Å². The van der Waals surface area contributed by atoms with Gasteiger partial charge in [0.15, 0.2) is 0 Å². The number of hydrogen-bond donors (Lipinski definition) is 2. The van der Waals surface area contributed by atoms with Crippen LogP contribution >= 0.6 is 11.6 Å². The average molecular weight is 395 g/mol. The van der Waals surface area contributed by atoms with E-state index in [0.29, 0.717) is 28.0 Å². The molecule has 3 aromatic rings. The van der Waals surface area contributed by atoms with Crippen molar-refractivity contribution < 1.29 is 17.9 Å². The van der Waals surface area contributed by atoms with Crippen LogP contribution in [-0.4, -0.2) is 17.1 Å². The summed E-state index contributed by atoms with van der Waals surface area (Å²) in [6.45, 7) is 0. The van der Waals surface area contributed by atoms with Gasteiger partial charge in [-0.05, 0) is 48.5 Å². The summed E-state index contributed by atoms with van der Waals surface area (Å²) in [5.74, 6) is 1.24. The van der Waals surface area contributed by atoms with Crippen molar-refractivity contribution in [1.29, 1.82) is 0 Å². The van der Waals surface area contributed by atoms with Crippen LogP contribution in [0.3, 0.4) is 0 Å². The highest BCUT2D eigenvalue weighted by molar-refractivity contribution is 6.31. The molecule has 2 aromatic carbocycles. The SMILES string of the molecule is COc1ccc(Cl)cc1Nc1nccc(Nc2ccc(C(F)(F)F)cc2)n1. The lowest BCUT2D eigenvalue weighted by Crippen LogP contribution is -2.05. The Morgan fingerprint density at radius 2 is 1.74 bits per heavy atom. The van der Waals surface area contributed by atoms with Crippen molar-refractivity contribution in [2.75, 3.05) is 17.7 Å². The number of ether oxygens (including phenoxy) is 1. The Hall–Kier alpha value is -3.00. The Morgan fingerprint density at radius 1 is 1.00 bits per heavy atom. The molecule has 0 spiro atoms. The Kier molecular flexibility index (Phi) is 5.36. The number of nitrogens with zero attached hydrogens (tertiary/aromatic N) is 2. The van der Waals surface area contributed by atoms with Gasteiger partial charge in [0.05, 0.1) is 18.4 Å². The molecular formula is C18H14ClF3N4O. The number of methoxy groups -OCH3 is 1. The largest absolute Gasteiger partial charge is 0.495 e. The molecule has 0 aliphatic rings. The lowest BCUT2D eigenvalue weighted by Gasteiger charge is -2.12. The van der Waals surface area contributed by atoms with Gasteiger partial charge in [-0.1, -0.05) is 11.6 Å². The molecule has 0 saturated carbocycles. The van der Waals surface area contributed by atoms with E-state index >= 15 is 0 Å². The molecule has 0 bridgehead atoms. The molecule has 0 saturated heterocycles. The lowest BCUT2D eigenvalue weighted by molar-refractivity contribution is -0.137. The van der Waals surface area contributed by atoms with Gasteiger partial charge in [0.2, 0.25) is 5.95 Å². The van der Waals surface area contributed by atoms with Gasteiger partial charge in [-0.2, -0.15) is 18.2 Å². The van der Waals surface area contributed by atoms with E-state index in [2.05, 4.69) is 20.6 Å². The minimum Gasteiger partial charge on any atom is -0.495 e. The first-order valence-electron chi connectivity index (χ1n) is 7.73. The van der Waals surface area contributed by atoms with E-state index in [9.17, 15) is 13.2 Å². The van der Waals surface area contributed by atoms with Gasteiger partial charge in [-0.3, -0.25) is 0 Å². The molecule has 0 radical (unpaired) electrons. The fourth-order valence-corrected chi connectivity index (χ4v) is 2.45. The maximum Gasteiger partial charge on any atom is 0.416 e. The zero-order valence-electron chi connectivity index (χ0n) is 14.0. The van der Waals surface area contributed by atoms with Crippen molar-refractivity contribution in [3.8, 4) is 5.75 Å². The zero-order chi connectivity index (χ0) is 19.4. The number of nitrogens with one attached hydrogen (secondary N) is 2. The van der Waals surface area contributed by atoms with Gasteiger partial charge in [0.1, 0.15) is 11.6 Å². The van der Waals surface area contributed by atoms with E-state index in [-0.39, 0.29) is 5.95 Å². The second kappa shape index (κ2) is 7.71. The van der Waals surface area contributed by atoms with E-state index in [0.717, 1.165) is 12.1 Å². The predicted molar refractivity (Wildman–Crippen MR) is 98.0 cm³/mol. The molecule has 1 aromatic heterocycles. The highest BCUT2D eigenvalue weighted by Gasteiger charge is 2.29. The Bertz CT molecular complexity index is 933. The first-order valence-corrected chi connectivity index (χ1v) is 8.11. The number of alkyl halides is 3. The number of rotatable bonds is 5. The quantitative estimate of drug-likeness (QED) is 0.586. The second-order valence-corrected chi connectivity index (χ2v) is 5.87. The third-order valence-electron chi connectivity index (χ3n) is 3.55. The van der Waals surface area contributed by atoms with E-state index in [4.69, 9.17) is 16.3 Å². The number of aromatic nitrogens is 2. The van der Waals surface area contributed by atoms with Crippen LogP contribution in [-0.2, 0) is 6.18 Å². The first kappa shape index (κ1) is 18.8. The fourth-order valence-electron chi connectivity index (χ4n) is 2.28. The highest BCUT2D eigenvalue weighted by atomic mass is 35.5. The Labute approximate surface area is 158 Å². The third kappa shape index (κ3) is 4.79. The Balaban J connectivity index is 1.77. The molecule has 1 heterocycles. The number of halogens is 4. The van der Waals surface area contributed by atoms with Crippen LogP contribution < -0.4 is 15.4 Å². The summed E-state index contributed by atoms with van der Waals surface area (Å²) >= 11 is 5.99. The number of hydrogen-bond acceptors (Lipinski definition) is 5. The van der Waals surface area contributed by atoms with Gasteiger partial charge >= 0.3 is 6.18 Å². The van der Waals surface area contributed by atoms with Crippen LogP contribution in [0.2, 0.25) is 5.02 Å². The normalized spacial score (nSPS) is 11.1. The summed E-state index contributed by atoms with van der Waals surface area (Å²) in [5.41, 5.74) is 0.329. The maximum absolute atomic E-state index is 12.6. The number of anilines is 4. The molecule has 0 aliphatic heterocycles. The molecule has 0 amide bonds. The molecule has 0 atom stereocenters. The van der Waals surface area contributed by atoms with E-state index < -0.39 is 11.7 Å². The summed E-state index contributed by atoms with van der Waals surface area (Å²) in [4.78, 5) is 8.40. The summed E-state index contributed by atoms with van der Waals surface area (Å²) in [7, 11) is 1.53. The van der Waals surface area contributed by atoms with Gasteiger partial charge in [-0.15, -0.1) is 0 Å². The minimum atomic E-state index is -4.37. The summed E-state index contributed by atoms with van der Waals surface area (Å²) in [6.07, 6.45) is -2.86. The van der Waals surface area contributed by atoms with Crippen molar-refractivity contribution in [2.24, 2.45) is 0 Å². The number of benzene rings is 2. The predicted octanol–water partition coefficient (Wildman–Crippen LogP) is 5.64. The van der Waals surface area contributed by atoms with Gasteiger partial charge < -0.3 is 15.4 Å². The molecule has 140 valence electrons. The molecule has 27 heavy (non-hydrogen) atoms. The van der Waals surface area contributed by atoms with Crippen molar-refractivity contribution in [2.45, 2.75) is 6.18 Å². The van der Waals surface area contributed by atoms with Crippen molar-refractivity contribution >= 4 is 34.7 Å². The third-order valence-corrected chi connectivity index (χ3v) is 3.78. The van der Waals surface area contributed by atoms with Crippen LogP contribution in [0.4, 0.5) is 36.3 Å². The standard InChI is InChI=1S/C18H14ClF3N4O/c1-27-15-7-4-12(19)10-14(15)25-17-23-9-8-16(26-17)24-13-5-2-11(3-6-13)18(20,21)22/h2-10H,1H3,(H2,23,24,25,26). The Morgan fingerprint density at radius 3 is 2.41 bits per heavy atom. The van der Waals surface area contributed by atoms with E-state index in [1.165, 1.54) is 25.4 Å². The molecule has 5 nitrogen and oxygen atoms in total. The minimum absolute atomic E-state index is 0.271. The summed E-state index contributed by atoms with van der Waals surface area (Å²) in [6, 6.07) is 11.3. The van der Waals surface area contributed by atoms with Crippen LogP contribution in [0.15, 0.2) is 54.7 Å². The van der Waals surface area contributed by atoms with Crippen LogP contribution in [0.1, 0.15) is 5.56 Å². The van der Waals surface area contributed by atoms with Crippen molar-refractivity contribution in [3.05, 3.63) is 65.3 Å². The smallest absolute Gasteiger partial charge is 0.416 e. The summed E-state index contributed by atoms with van der Waals surface area (Å²) in [5, 5.41) is 6.44. The molecule has 9 heteroatoms. The first-order chi connectivity index (χ1) is 12.8. The fraction of sp³-hybridized carbons (Fsp3) is 0.111. The monoisotopic (exact) mass is 394 g/mol. The van der Waals surface area contributed by atoms with Crippen molar-refractivity contribution in [3.63, 3.8) is 0 Å². The van der Waals surface area contributed by atoms with Crippen LogP contribution in [0.25, 0.3) is 0 Å². The topological polar surface area (TPSA) is 59.1 Å². The van der Waals surface area contributed by atoms with E-state index in [1.807, 2.05) is 0 Å². The molecule has 0 aliphatic carbocycles. The molecule has 2 N–H and O–H groups in total. The second-order valence-electron chi connectivity index (χ2n) is 5.44. The maximum atomic E-state index is 12.6. The van der Waals surface area contributed by atoms with Crippen LogP contribution in [0, 0.1) is 0 Å². The van der Waals surface area contributed by atoms with Gasteiger partial charge in [0, 0.05) is 16.9 Å². The van der Waals surface area contributed by atoms with Crippen molar-refractivity contribution in [1.82, 2.24) is 9.97 Å². The highest BCUT2D eigenvalue weighted by Crippen LogP contribution is 2.31. The van der Waals surface area contributed by atoms with Gasteiger partial charge in [-0.25, -0.2) is 4.98 Å². The molecule has 0 unspecified atom stereocenters. The zero-order valence-corrected chi connectivity index (χ0v) is 14.8. The molecular weight excluding hydrogens is 381 g/mol. The van der Waals surface area contributed by atoms with E-state index in [1.54, 1.807) is 24.3 Å². The lowest BCUT2D eigenvalue weighted by atomic mass is 10.2. The molecule has 0 fully saturated rings. The molecule has 3 rings (SSSR count). The average Bonchev–Trinajstić information content (AvgIpc) is 2.62.